The van der Waals surface area contributed by atoms with Gasteiger partial charge in [-0.15, -0.1) is 0 Å². The first-order chi connectivity index (χ1) is 8.79. The lowest BCUT2D eigenvalue weighted by atomic mass is 9.94. The number of likely N-dealkylation sites (tertiary alicyclic amines) is 1. The van der Waals surface area contributed by atoms with Crippen molar-refractivity contribution < 1.29 is 14.6 Å². The van der Waals surface area contributed by atoms with Crippen LogP contribution in [-0.4, -0.2) is 48.8 Å². The van der Waals surface area contributed by atoms with Crippen molar-refractivity contribution in [3.8, 4) is 0 Å². The van der Waals surface area contributed by atoms with E-state index in [4.69, 9.17) is 4.74 Å². The summed E-state index contributed by atoms with van der Waals surface area (Å²) in [6.45, 7) is 3.56. The molecule has 0 aliphatic carbocycles. The molecule has 1 unspecified atom stereocenters. The van der Waals surface area contributed by atoms with Gasteiger partial charge in [0.15, 0.2) is 0 Å². The van der Waals surface area contributed by atoms with E-state index in [1.807, 2.05) is 4.90 Å². The summed E-state index contributed by atoms with van der Waals surface area (Å²) in [4.78, 5) is 14.1. The Morgan fingerprint density at radius 2 is 2.00 bits per heavy atom. The summed E-state index contributed by atoms with van der Waals surface area (Å²) in [5, 5.41) is 9.17. The largest absolute Gasteiger partial charge is 0.396 e. The maximum Gasteiger partial charge on any atom is 0.222 e. The van der Waals surface area contributed by atoms with E-state index in [0.29, 0.717) is 18.3 Å². The molecule has 0 aromatic heterocycles. The van der Waals surface area contributed by atoms with E-state index in [9.17, 15) is 9.90 Å². The lowest BCUT2D eigenvalue weighted by molar-refractivity contribution is -0.133. The van der Waals surface area contributed by atoms with Crippen molar-refractivity contribution >= 4 is 5.91 Å². The van der Waals surface area contributed by atoms with Gasteiger partial charge in [0.25, 0.3) is 0 Å². The second-order valence-corrected chi connectivity index (χ2v) is 5.63. The third-order valence-corrected chi connectivity index (χ3v) is 4.24. The molecule has 2 fully saturated rings. The molecule has 2 heterocycles. The first-order valence-electron chi connectivity index (χ1n) is 7.26. The van der Waals surface area contributed by atoms with Crippen molar-refractivity contribution in [3.63, 3.8) is 0 Å². The highest BCUT2D eigenvalue weighted by atomic mass is 16.5. The fourth-order valence-corrected chi connectivity index (χ4v) is 2.96. The van der Waals surface area contributed by atoms with Crippen molar-refractivity contribution in [3.05, 3.63) is 0 Å². The Morgan fingerprint density at radius 3 is 2.72 bits per heavy atom. The number of hydrogen-bond donors (Lipinski definition) is 1. The molecule has 1 N–H and O–H groups in total. The standard InChI is InChI=1S/C14H25NO3/c16-11-13-2-1-7-15(10-13)14(17)4-3-12-5-8-18-9-6-12/h12-13,16H,1-11H2. The molecule has 2 aliphatic heterocycles. The van der Waals surface area contributed by atoms with E-state index < -0.39 is 0 Å². The molecule has 0 aromatic carbocycles. The number of aliphatic hydroxyl groups excluding tert-OH is 1. The fourth-order valence-electron chi connectivity index (χ4n) is 2.96. The number of carbonyl (C=O) groups excluding carboxylic acids is 1. The molecule has 104 valence electrons. The Hall–Kier alpha value is -0.610. The minimum atomic E-state index is 0.212. The van der Waals surface area contributed by atoms with Crippen molar-refractivity contribution in [2.45, 2.75) is 38.5 Å². The minimum absolute atomic E-state index is 0.212. The molecule has 1 atom stereocenters. The summed E-state index contributed by atoms with van der Waals surface area (Å²) in [5.74, 6) is 1.24. The van der Waals surface area contributed by atoms with Gasteiger partial charge in [-0.2, -0.15) is 0 Å². The zero-order chi connectivity index (χ0) is 12.8. The molecule has 2 saturated heterocycles. The predicted molar refractivity (Wildman–Crippen MR) is 69.2 cm³/mol. The zero-order valence-electron chi connectivity index (χ0n) is 11.1. The van der Waals surface area contributed by atoms with Gasteiger partial charge in [0.1, 0.15) is 0 Å². The van der Waals surface area contributed by atoms with Crippen molar-refractivity contribution in [2.24, 2.45) is 11.8 Å². The van der Waals surface area contributed by atoms with Crippen LogP contribution in [0.1, 0.15) is 38.5 Å². The average Bonchev–Trinajstić information content (AvgIpc) is 2.46. The van der Waals surface area contributed by atoms with E-state index >= 15 is 0 Å². The summed E-state index contributed by atoms with van der Waals surface area (Å²) in [6.07, 6.45) is 5.97. The third kappa shape index (κ3) is 3.95. The average molecular weight is 255 g/mol. The quantitative estimate of drug-likeness (QED) is 0.826. The molecular weight excluding hydrogens is 230 g/mol. The van der Waals surface area contributed by atoms with E-state index in [0.717, 1.165) is 58.4 Å². The second-order valence-electron chi connectivity index (χ2n) is 5.63. The van der Waals surface area contributed by atoms with Gasteiger partial charge in [-0.05, 0) is 43.9 Å². The number of piperidine rings is 1. The minimum Gasteiger partial charge on any atom is -0.396 e. The summed E-state index contributed by atoms with van der Waals surface area (Å²) in [6, 6.07) is 0. The Labute approximate surface area is 109 Å². The van der Waals surface area contributed by atoms with E-state index in [2.05, 4.69) is 0 Å². The van der Waals surface area contributed by atoms with Crippen LogP contribution in [0.2, 0.25) is 0 Å². The number of nitrogens with zero attached hydrogens (tertiary/aromatic N) is 1. The summed E-state index contributed by atoms with van der Waals surface area (Å²) < 4.78 is 5.33. The van der Waals surface area contributed by atoms with Crippen LogP contribution in [0.25, 0.3) is 0 Å². The van der Waals surface area contributed by atoms with Crippen LogP contribution in [-0.2, 0) is 9.53 Å². The lowest BCUT2D eigenvalue weighted by Gasteiger charge is -2.32. The van der Waals surface area contributed by atoms with E-state index in [1.54, 1.807) is 0 Å². The molecule has 0 spiro atoms. The molecular formula is C14H25NO3. The molecule has 4 nitrogen and oxygen atoms in total. The summed E-state index contributed by atoms with van der Waals surface area (Å²) in [7, 11) is 0. The van der Waals surface area contributed by atoms with Gasteiger partial charge < -0.3 is 14.7 Å². The first kappa shape index (κ1) is 13.8. The normalized spacial score (nSPS) is 26.3. The SMILES string of the molecule is O=C(CCC1CCOCC1)N1CCCC(CO)C1. The molecule has 0 saturated carbocycles. The molecule has 18 heavy (non-hydrogen) atoms. The number of aliphatic hydroxyl groups is 1. The van der Waals surface area contributed by atoms with Crippen molar-refractivity contribution in [1.29, 1.82) is 0 Å². The van der Waals surface area contributed by atoms with Gasteiger partial charge in [0, 0.05) is 39.3 Å². The highest BCUT2D eigenvalue weighted by molar-refractivity contribution is 5.76. The predicted octanol–water partition coefficient (Wildman–Crippen LogP) is 1.42. The van der Waals surface area contributed by atoms with Crippen LogP contribution < -0.4 is 0 Å². The maximum absolute atomic E-state index is 12.1. The van der Waals surface area contributed by atoms with Crippen LogP contribution in [0.3, 0.4) is 0 Å². The van der Waals surface area contributed by atoms with Crippen LogP contribution in [0.15, 0.2) is 0 Å². The second kappa shape index (κ2) is 7.10. The summed E-state index contributed by atoms with van der Waals surface area (Å²) in [5.41, 5.74) is 0. The molecule has 0 aromatic rings. The Bertz CT molecular complexity index is 264. The number of rotatable bonds is 4. The smallest absolute Gasteiger partial charge is 0.222 e. The Kier molecular flexibility index (Phi) is 5.45. The van der Waals surface area contributed by atoms with Gasteiger partial charge >= 0.3 is 0 Å². The van der Waals surface area contributed by atoms with Gasteiger partial charge in [-0.3, -0.25) is 4.79 Å². The molecule has 4 heteroatoms. The van der Waals surface area contributed by atoms with Gasteiger partial charge in [-0.25, -0.2) is 0 Å². The monoisotopic (exact) mass is 255 g/mol. The molecule has 2 rings (SSSR count). The van der Waals surface area contributed by atoms with Crippen LogP contribution in [0.4, 0.5) is 0 Å². The van der Waals surface area contributed by atoms with Crippen LogP contribution in [0, 0.1) is 11.8 Å². The van der Waals surface area contributed by atoms with Crippen molar-refractivity contribution in [2.75, 3.05) is 32.9 Å². The van der Waals surface area contributed by atoms with Gasteiger partial charge in [-0.1, -0.05) is 0 Å². The fraction of sp³-hybridized carbons (Fsp3) is 0.929. The Morgan fingerprint density at radius 1 is 1.22 bits per heavy atom. The molecule has 0 bridgehead atoms. The maximum atomic E-state index is 12.1. The third-order valence-electron chi connectivity index (χ3n) is 4.24. The highest BCUT2D eigenvalue weighted by Crippen LogP contribution is 2.22. The topological polar surface area (TPSA) is 49.8 Å². The van der Waals surface area contributed by atoms with Crippen molar-refractivity contribution in [1.82, 2.24) is 4.90 Å². The molecule has 2 aliphatic rings. The number of amides is 1. The number of ether oxygens (including phenoxy) is 1. The molecule has 1 amide bonds. The first-order valence-corrected chi connectivity index (χ1v) is 7.26. The highest BCUT2D eigenvalue weighted by Gasteiger charge is 2.23. The zero-order valence-corrected chi connectivity index (χ0v) is 11.1. The Balaban J connectivity index is 1.70. The molecule has 0 radical (unpaired) electrons. The summed E-state index contributed by atoms with van der Waals surface area (Å²) >= 11 is 0. The number of hydrogen-bond acceptors (Lipinski definition) is 3. The number of carbonyl (C=O) groups is 1. The van der Waals surface area contributed by atoms with Gasteiger partial charge in [0.2, 0.25) is 5.91 Å². The van der Waals surface area contributed by atoms with E-state index in [1.165, 1.54) is 0 Å². The van der Waals surface area contributed by atoms with Crippen LogP contribution >= 0.6 is 0 Å². The lowest BCUT2D eigenvalue weighted by Crippen LogP contribution is -2.41. The van der Waals surface area contributed by atoms with Crippen LogP contribution in [0.5, 0.6) is 0 Å². The van der Waals surface area contributed by atoms with E-state index in [-0.39, 0.29) is 12.5 Å². The van der Waals surface area contributed by atoms with Gasteiger partial charge in [0.05, 0.1) is 0 Å².